The third-order valence-electron chi connectivity index (χ3n) is 21.3. The molecule has 0 aliphatic heterocycles. The SMILES string of the molecule is CCc1ccc(C(=O)OC)cc1[N+](=O)[O-].COC(=O)C(Cc1ccc(O)cc1)NC(=O)OCc1ccccc1.COC(=O)[C@H](Cc1ccc(O)cc1)NC(=O)OCc1ccccc1.COC(=O)[C@H](Cc1cnc[nH]1)NC(=O)[C@@H](CC(=O)OCc1ccccc1)C(C)C.NC(=O)C(Cc1c[nH]c2ccccc12)NC(=O)OCc1ccccc1.NC(=O)[C@H](Cc1c[nH]c2ccccc12)NC(=O)OCc1ccccc1. The number of nitro benzene ring substituents is 1. The molecule has 0 bridgehead atoms. The molecule has 3 heterocycles. The van der Waals surface area contributed by atoms with Crippen molar-refractivity contribution in [2.45, 2.75) is 129 Å². The van der Waals surface area contributed by atoms with Gasteiger partial charge in [-0.3, -0.25) is 29.3 Å². The van der Waals surface area contributed by atoms with Crippen LogP contribution in [0.5, 0.6) is 11.5 Å². The van der Waals surface area contributed by atoms with Gasteiger partial charge in [0, 0.05) is 89.8 Å². The van der Waals surface area contributed by atoms with Crippen LogP contribution in [0.3, 0.4) is 0 Å². The predicted molar refractivity (Wildman–Crippen MR) is 523 cm³/mol. The summed E-state index contributed by atoms with van der Waals surface area (Å²) < 4.78 is 44.5. The molecule has 13 rings (SSSR count). The molecular weight excluding hydrogens is 1830 g/mol. The van der Waals surface area contributed by atoms with E-state index in [0.29, 0.717) is 30.5 Å². The molecule has 14 N–H and O–H groups in total. The van der Waals surface area contributed by atoms with Crippen LogP contribution in [0.15, 0.2) is 292 Å². The summed E-state index contributed by atoms with van der Waals surface area (Å²) in [5.74, 6) is -4.85. The van der Waals surface area contributed by atoms with Crippen LogP contribution in [0.1, 0.15) is 98.9 Å². The second-order valence-electron chi connectivity index (χ2n) is 31.8. The number of hydrogen-bond donors (Lipinski definition) is 12. The normalized spacial score (nSPS) is 11.7. The van der Waals surface area contributed by atoms with Gasteiger partial charge in [0.25, 0.3) is 5.69 Å². The molecule has 13 aromatic rings. The summed E-state index contributed by atoms with van der Waals surface area (Å²) in [6, 6.07) is 74.6. The number of benzene rings is 10. The number of nitrogens with one attached hydrogen (secondary N) is 8. The van der Waals surface area contributed by atoms with Gasteiger partial charge in [-0.1, -0.05) is 239 Å². The number of carbonyl (C=O) groups excluding carboxylic acids is 12. The van der Waals surface area contributed by atoms with Crippen LogP contribution >= 0.6 is 0 Å². The number of phenols is 2. The van der Waals surface area contributed by atoms with Gasteiger partial charge >= 0.3 is 54.2 Å². The number of primary amides is 2. The van der Waals surface area contributed by atoms with Gasteiger partial charge in [-0.05, 0) is 105 Å². The van der Waals surface area contributed by atoms with Crippen molar-refractivity contribution in [3.05, 3.63) is 369 Å². The van der Waals surface area contributed by atoms with E-state index in [1.54, 1.807) is 36.5 Å². The number of esters is 5. The van der Waals surface area contributed by atoms with E-state index in [1.807, 2.05) is 233 Å². The number of para-hydroxylation sites is 2. The van der Waals surface area contributed by atoms with Crippen LogP contribution in [0.4, 0.5) is 24.9 Å². The second-order valence-corrected chi connectivity index (χ2v) is 31.8. The predicted octanol–water partition coefficient (Wildman–Crippen LogP) is 13.7. The highest BCUT2D eigenvalue weighted by atomic mass is 16.6. The zero-order valence-electron chi connectivity index (χ0n) is 79.1. The molecule has 6 atom stereocenters. The number of nitrogens with two attached hydrogens (primary N) is 2. The van der Waals surface area contributed by atoms with Gasteiger partial charge in [0.1, 0.15) is 74.7 Å². The van der Waals surface area contributed by atoms with Crippen molar-refractivity contribution in [3.63, 3.8) is 0 Å². The number of amides is 7. The zero-order valence-corrected chi connectivity index (χ0v) is 79.1. The highest BCUT2D eigenvalue weighted by molar-refractivity contribution is 5.92. The molecule has 2 unspecified atom stereocenters. The first kappa shape index (κ1) is 110. The van der Waals surface area contributed by atoms with E-state index in [-0.39, 0.29) is 87.4 Å². The molecule has 3 aromatic heterocycles. The van der Waals surface area contributed by atoms with E-state index >= 15 is 0 Å². The van der Waals surface area contributed by atoms with E-state index < -0.39 is 113 Å². The Bertz CT molecular complexity index is 5930. The van der Waals surface area contributed by atoms with Crippen LogP contribution in [-0.4, -0.2) is 166 Å². The van der Waals surface area contributed by atoms with Gasteiger partial charge < -0.3 is 106 Å². The fourth-order valence-electron chi connectivity index (χ4n) is 13.6. The second kappa shape index (κ2) is 58.7. The number of fused-ring (bicyclic) bond motifs is 2. The van der Waals surface area contributed by atoms with E-state index in [4.69, 9.17) is 49.4 Å². The van der Waals surface area contributed by atoms with E-state index in [9.17, 15) is 77.9 Å². The molecule has 37 nitrogen and oxygen atoms in total. The number of methoxy groups -OCH3 is 4. The van der Waals surface area contributed by atoms with Crippen molar-refractivity contribution < 1.29 is 115 Å². The van der Waals surface area contributed by atoms with E-state index in [1.165, 1.54) is 71.2 Å². The number of hydrogen-bond acceptors (Lipinski definition) is 26. The minimum Gasteiger partial charge on any atom is -0.508 e. The number of ether oxygens (including phenoxy) is 9. The van der Waals surface area contributed by atoms with Gasteiger partial charge in [-0.2, -0.15) is 0 Å². The van der Waals surface area contributed by atoms with E-state index in [2.05, 4.69) is 51.3 Å². The summed E-state index contributed by atoms with van der Waals surface area (Å²) >= 11 is 0. The summed E-state index contributed by atoms with van der Waals surface area (Å²) in [6.07, 6.45) is 5.68. The van der Waals surface area contributed by atoms with Gasteiger partial charge in [0.15, 0.2) is 0 Å². The molecule has 0 aliphatic rings. The monoisotopic (exact) mass is 1940 g/mol. The summed E-state index contributed by atoms with van der Waals surface area (Å²) in [5.41, 5.74) is 21.9. The number of nitrogens with zero attached hydrogens (tertiary/aromatic N) is 2. The number of aromatic hydroxyl groups is 2. The van der Waals surface area contributed by atoms with Crippen molar-refractivity contribution >= 4 is 99.4 Å². The van der Waals surface area contributed by atoms with Gasteiger partial charge in [0.2, 0.25) is 17.7 Å². The summed E-state index contributed by atoms with van der Waals surface area (Å²) in [7, 11) is 5.00. The van der Waals surface area contributed by atoms with Crippen molar-refractivity contribution in [1.82, 2.24) is 46.5 Å². The molecule has 0 radical (unpaired) electrons. The van der Waals surface area contributed by atoms with Crippen LogP contribution in [0.2, 0.25) is 0 Å². The van der Waals surface area contributed by atoms with Crippen LogP contribution in [0.25, 0.3) is 21.8 Å². The molecule has 0 saturated carbocycles. The quantitative estimate of drug-likeness (QED) is 0.00744. The fraction of sp³-hybridized carbons (Fsp3) is 0.248. The Labute approximate surface area is 818 Å². The molecule has 0 aliphatic carbocycles. The first-order chi connectivity index (χ1) is 68.4. The number of imidazole rings is 1. The maximum atomic E-state index is 12.8. The number of alkyl carbamates (subject to hydrolysis) is 4. The largest absolute Gasteiger partial charge is 0.508 e. The molecule has 744 valence electrons. The Hall–Kier alpha value is -17.7. The Kier molecular flexibility index (Phi) is 45.3. The van der Waals surface area contributed by atoms with Gasteiger partial charge in [-0.15, -0.1) is 0 Å². The highest BCUT2D eigenvalue weighted by Crippen LogP contribution is 2.25. The molecule has 142 heavy (non-hydrogen) atoms. The van der Waals surface area contributed by atoms with Crippen molar-refractivity contribution in [2.75, 3.05) is 28.4 Å². The first-order valence-electron chi connectivity index (χ1n) is 44.6. The summed E-state index contributed by atoms with van der Waals surface area (Å²) in [4.78, 5) is 166. The lowest BCUT2D eigenvalue weighted by Crippen LogP contribution is -2.47. The molecule has 10 aromatic carbocycles. The molecule has 0 spiro atoms. The van der Waals surface area contributed by atoms with E-state index in [0.717, 1.165) is 71.9 Å². The Morgan fingerprint density at radius 3 is 1.06 bits per heavy atom. The Balaban J connectivity index is 0.000000210. The summed E-state index contributed by atoms with van der Waals surface area (Å²) in [6.45, 7) is 6.14. The first-order valence-corrected chi connectivity index (χ1v) is 44.6. The number of phenolic OH excluding ortho intramolecular Hbond substituents is 2. The smallest absolute Gasteiger partial charge is 0.408 e. The standard InChI is InChI=1S/C21H27N3O5.2C19H19N3O3.2C18H19NO5.C10H11NO4/c1-14(2)17(10-19(25)29-12-15-7-5-4-6-8-15)20(26)24-18(21(27)28-3)9-16-11-22-13-23-16;2*20-18(23)17(10-14-11-21-16-9-5-4-8-15(14)16)22-19(24)25-12-13-6-2-1-3-7-13;2*1-23-17(21)16(11-13-7-9-15(20)10-8-13)19-18(22)24-12-14-5-3-2-4-6-14;1-3-7-4-5-8(10(12)15-2)6-9(7)11(13)14/h4-8,11,13-14,17-18H,9-10,12H2,1-3H3,(H,22,23)(H,24,26);2*1-9,11,17,21H,10,12H2,(H2,20,23)(H,22,24);2*2-10,16,20H,11-12H2,1H3,(H,19,22);4-6H,3H2,1-2H3/t17-,18-;17-;;16-;;/m00.0../s1. The van der Waals surface area contributed by atoms with Gasteiger partial charge in [0.05, 0.1) is 57.6 Å². The van der Waals surface area contributed by atoms with Crippen LogP contribution in [-0.2, 0) is 148 Å². The third-order valence-corrected chi connectivity index (χ3v) is 21.3. The molecular formula is C105H114N12O25. The lowest BCUT2D eigenvalue weighted by atomic mass is 9.91. The molecule has 37 heteroatoms. The zero-order chi connectivity index (χ0) is 103. The number of aromatic nitrogens is 4. The minimum absolute atomic E-state index is 0.0413. The third kappa shape index (κ3) is 38.1. The average molecular weight is 1940 g/mol. The Morgan fingerprint density at radius 1 is 0.394 bits per heavy atom. The summed E-state index contributed by atoms with van der Waals surface area (Å²) in [5, 5.41) is 44.0. The number of carbonyl (C=O) groups is 12. The number of aryl methyl sites for hydroxylation is 1. The average Bonchev–Trinajstić information content (AvgIpc) is 1.68. The highest BCUT2D eigenvalue weighted by Gasteiger charge is 2.32. The minimum atomic E-state index is -0.880. The molecule has 7 amide bonds. The number of aromatic amines is 3. The van der Waals surface area contributed by atoms with Crippen molar-refractivity contribution in [1.29, 1.82) is 0 Å². The Morgan fingerprint density at radius 2 is 0.739 bits per heavy atom. The topological polar surface area (TPSA) is 544 Å². The maximum Gasteiger partial charge on any atom is 0.408 e. The number of H-pyrrole nitrogens is 3. The molecule has 0 fully saturated rings. The fourth-order valence-corrected chi connectivity index (χ4v) is 13.6. The van der Waals surface area contributed by atoms with Crippen LogP contribution in [0, 0.1) is 22.0 Å². The van der Waals surface area contributed by atoms with Crippen LogP contribution < -0.4 is 38.1 Å². The van der Waals surface area contributed by atoms with Crippen molar-refractivity contribution in [3.8, 4) is 11.5 Å². The lowest BCUT2D eigenvalue weighted by Gasteiger charge is -2.23. The number of rotatable bonds is 37. The van der Waals surface area contributed by atoms with Crippen molar-refractivity contribution in [2.24, 2.45) is 23.3 Å². The maximum absolute atomic E-state index is 12.8. The lowest BCUT2D eigenvalue weighted by molar-refractivity contribution is -0.385. The van der Waals surface area contributed by atoms with Gasteiger partial charge in [-0.25, -0.2) is 43.3 Å². The number of nitro groups is 1. The molecule has 0 saturated heterocycles.